The number of benzene rings is 2. The highest BCUT2D eigenvalue weighted by molar-refractivity contribution is 5.89. The number of halogens is 2. The summed E-state index contributed by atoms with van der Waals surface area (Å²) in [7, 11) is 1.58. The van der Waals surface area contributed by atoms with E-state index in [0.717, 1.165) is 5.56 Å². The van der Waals surface area contributed by atoms with Crippen LogP contribution in [-0.2, 0) is 24.1 Å². The van der Waals surface area contributed by atoms with Crippen molar-refractivity contribution in [2.75, 3.05) is 13.7 Å². The Kier molecular flexibility index (Phi) is 5.83. The van der Waals surface area contributed by atoms with Gasteiger partial charge < -0.3 is 14.2 Å². The van der Waals surface area contributed by atoms with E-state index < -0.39 is 23.7 Å². The van der Waals surface area contributed by atoms with Crippen LogP contribution in [0.3, 0.4) is 0 Å². The fraction of sp³-hybridized carbons (Fsp3) is 0.318. The molecule has 1 aliphatic carbocycles. The van der Waals surface area contributed by atoms with Crippen molar-refractivity contribution in [1.82, 2.24) is 15.0 Å². The van der Waals surface area contributed by atoms with E-state index in [-0.39, 0.29) is 18.2 Å². The molecule has 0 fully saturated rings. The molecule has 9 heteroatoms. The molecule has 0 N–H and O–H groups in total. The van der Waals surface area contributed by atoms with Gasteiger partial charge in [0.2, 0.25) is 11.6 Å². The van der Waals surface area contributed by atoms with Gasteiger partial charge in [-0.05, 0) is 47.9 Å². The van der Waals surface area contributed by atoms with Gasteiger partial charge in [-0.25, -0.2) is 18.3 Å². The standard InChI is InChI=1S/C22H21F2N3O4/c1-3-30-22(28)20-21(27(26-25-20)12-13-4-6-16(29-2)7-5-13)31-17-8-14-10-18(23)19(24)11-15(14)9-17/h4-7,10-11,17H,3,8-9,12H2,1-2H3. The van der Waals surface area contributed by atoms with Crippen molar-refractivity contribution >= 4 is 5.97 Å². The topological polar surface area (TPSA) is 75.5 Å². The SMILES string of the molecule is CCOC(=O)c1nnn(Cc2ccc(OC)cc2)c1OC1Cc2cc(F)c(F)cc2C1. The summed E-state index contributed by atoms with van der Waals surface area (Å²) < 4.78 is 45.0. The molecule has 0 radical (unpaired) electrons. The summed E-state index contributed by atoms with van der Waals surface area (Å²) in [5, 5.41) is 8.02. The molecule has 0 aliphatic heterocycles. The Morgan fingerprint density at radius 2 is 1.77 bits per heavy atom. The number of fused-ring (bicyclic) bond motifs is 1. The molecule has 0 saturated carbocycles. The summed E-state index contributed by atoms with van der Waals surface area (Å²) in [6, 6.07) is 9.74. The van der Waals surface area contributed by atoms with Crippen LogP contribution < -0.4 is 9.47 Å². The van der Waals surface area contributed by atoms with Crippen LogP contribution >= 0.6 is 0 Å². The third kappa shape index (κ3) is 4.35. The van der Waals surface area contributed by atoms with Gasteiger partial charge in [-0.15, -0.1) is 5.10 Å². The van der Waals surface area contributed by atoms with E-state index in [1.54, 1.807) is 14.0 Å². The molecule has 1 aromatic heterocycles. The van der Waals surface area contributed by atoms with Crippen molar-refractivity contribution in [2.24, 2.45) is 0 Å². The fourth-order valence-electron chi connectivity index (χ4n) is 3.57. The van der Waals surface area contributed by atoms with Crippen LogP contribution in [-0.4, -0.2) is 40.8 Å². The number of carbonyl (C=O) groups is 1. The fourth-order valence-corrected chi connectivity index (χ4v) is 3.57. The van der Waals surface area contributed by atoms with Crippen LogP contribution in [0, 0.1) is 11.6 Å². The van der Waals surface area contributed by atoms with Gasteiger partial charge in [0.05, 0.1) is 20.3 Å². The number of ether oxygens (including phenoxy) is 3. The summed E-state index contributed by atoms with van der Waals surface area (Å²) in [6.07, 6.45) is 0.336. The van der Waals surface area contributed by atoms with E-state index in [1.165, 1.54) is 16.8 Å². The lowest BCUT2D eigenvalue weighted by molar-refractivity contribution is 0.0511. The minimum Gasteiger partial charge on any atom is -0.497 e. The molecule has 0 saturated heterocycles. The van der Waals surface area contributed by atoms with Gasteiger partial charge in [0.1, 0.15) is 11.9 Å². The quantitative estimate of drug-likeness (QED) is 0.537. The van der Waals surface area contributed by atoms with Gasteiger partial charge in [-0.3, -0.25) is 0 Å². The number of esters is 1. The van der Waals surface area contributed by atoms with Crippen molar-refractivity contribution in [3.63, 3.8) is 0 Å². The number of hydrogen-bond donors (Lipinski definition) is 0. The van der Waals surface area contributed by atoms with Crippen LogP contribution in [0.2, 0.25) is 0 Å². The first-order valence-corrected chi connectivity index (χ1v) is 9.85. The molecule has 0 amide bonds. The molecular formula is C22H21F2N3O4. The Morgan fingerprint density at radius 1 is 1.13 bits per heavy atom. The first-order valence-electron chi connectivity index (χ1n) is 9.85. The second-order valence-electron chi connectivity index (χ2n) is 7.15. The van der Waals surface area contributed by atoms with E-state index in [9.17, 15) is 13.6 Å². The molecule has 31 heavy (non-hydrogen) atoms. The maximum atomic E-state index is 13.6. The molecule has 4 rings (SSSR count). The highest BCUT2D eigenvalue weighted by atomic mass is 19.2. The minimum atomic E-state index is -0.891. The van der Waals surface area contributed by atoms with Crippen LogP contribution in [0.15, 0.2) is 36.4 Å². The smallest absolute Gasteiger partial charge is 0.364 e. The summed E-state index contributed by atoms with van der Waals surface area (Å²) in [5.74, 6) is -1.55. The lowest BCUT2D eigenvalue weighted by Crippen LogP contribution is -2.21. The van der Waals surface area contributed by atoms with Crippen molar-refractivity contribution in [3.8, 4) is 11.6 Å². The van der Waals surface area contributed by atoms with Crippen LogP contribution in [0.5, 0.6) is 11.6 Å². The molecule has 0 atom stereocenters. The van der Waals surface area contributed by atoms with Crippen LogP contribution in [0.1, 0.15) is 34.1 Å². The highest BCUT2D eigenvalue weighted by Crippen LogP contribution is 2.29. The summed E-state index contributed by atoms with van der Waals surface area (Å²) in [6.45, 7) is 2.17. The van der Waals surface area contributed by atoms with Crippen LogP contribution in [0.4, 0.5) is 8.78 Å². The number of aromatic nitrogens is 3. The second-order valence-corrected chi connectivity index (χ2v) is 7.15. The number of nitrogens with zero attached hydrogens (tertiary/aromatic N) is 3. The summed E-state index contributed by atoms with van der Waals surface area (Å²) >= 11 is 0. The monoisotopic (exact) mass is 429 g/mol. The molecule has 7 nitrogen and oxygen atoms in total. The lowest BCUT2D eigenvalue weighted by Gasteiger charge is -2.15. The molecular weight excluding hydrogens is 408 g/mol. The van der Waals surface area contributed by atoms with Crippen LogP contribution in [0.25, 0.3) is 0 Å². The van der Waals surface area contributed by atoms with Gasteiger partial charge in [-0.1, -0.05) is 17.3 Å². The number of hydrogen-bond acceptors (Lipinski definition) is 6. The van der Waals surface area contributed by atoms with Gasteiger partial charge >= 0.3 is 5.97 Å². The van der Waals surface area contributed by atoms with Gasteiger partial charge in [-0.2, -0.15) is 0 Å². The summed E-state index contributed by atoms with van der Waals surface area (Å²) in [4.78, 5) is 12.4. The van der Waals surface area contributed by atoms with Gasteiger partial charge in [0, 0.05) is 12.8 Å². The zero-order chi connectivity index (χ0) is 22.0. The van der Waals surface area contributed by atoms with Crippen molar-refractivity contribution in [2.45, 2.75) is 32.4 Å². The average Bonchev–Trinajstić information content (AvgIpc) is 3.33. The Labute approximate surface area is 177 Å². The maximum absolute atomic E-state index is 13.6. The van der Waals surface area contributed by atoms with Gasteiger partial charge in [0.15, 0.2) is 11.6 Å². The first-order chi connectivity index (χ1) is 15.0. The molecule has 0 unspecified atom stereocenters. The van der Waals surface area contributed by atoms with E-state index in [0.29, 0.717) is 36.3 Å². The molecule has 3 aromatic rings. The highest BCUT2D eigenvalue weighted by Gasteiger charge is 2.30. The number of rotatable bonds is 7. The minimum absolute atomic E-state index is 0.0383. The second kappa shape index (κ2) is 8.71. The molecule has 1 heterocycles. The predicted octanol–water partition coefficient (Wildman–Crippen LogP) is 3.34. The predicted molar refractivity (Wildman–Crippen MR) is 106 cm³/mol. The molecule has 0 bridgehead atoms. The third-order valence-corrected chi connectivity index (χ3v) is 5.07. The molecule has 0 spiro atoms. The molecule has 2 aromatic carbocycles. The van der Waals surface area contributed by atoms with E-state index in [4.69, 9.17) is 14.2 Å². The van der Waals surface area contributed by atoms with E-state index in [1.807, 2.05) is 24.3 Å². The van der Waals surface area contributed by atoms with Crippen molar-refractivity contribution in [1.29, 1.82) is 0 Å². The normalized spacial score (nSPS) is 13.2. The van der Waals surface area contributed by atoms with Crippen molar-refractivity contribution < 1.29 is 27.8 Å². The Balaban J connectivity index is 1.59. The Bertz CT molecular complexity index is 1070. The van der Waals surface area contributed by atoms with E-state index in [2.05, 4.69) is 10.3 Å². The Hall–Kier alpha value is -3.49. The lowest BCUT2D eigenvalue weighted by atomic mass is 10.1. The molecule has 162 valence electrons. The zero-order valence-electron chi connectivity index (χ0n) is 17.1. The summed E-state index contributed by atoms with van der Waals surface area (Å²) in [5.41, 5.74) is 2.21. The largest absolute Gasteiger partial charge is 0.497 e. The average molecular weight is 429 g/mol. The molecule has 1 aliphatic rings. The van der Waals surface area contributed by atoms with Crippen molar-refractivity contribution in [3.05, 3.63) is 70.4 Å². The van der Waals surface area contributed by atoms with Gasteiger partial charge in [0.25, 0.3) is 0 Å². The zero-order valence-corrected chi connectivity index (χ0v) is 17.1. The first kappa shape index (κ1) is 20.8. The van der Waals surface area contributed by atoms with E-state index >= 15 is 0 Å². The number of methoxy groups -OCH3 is 1. The maximum Gasteiger partial charge on any atom is 0.364 e. The number of carbonyl (C=O) groups excluding carboxylic acids is 1. The third-order valence-electron chi connectivity index (χ3n) is 5.07. The Morgan fingerprint density at radius 3 is 2.35 bits per heavy atom.